The first-order valence-corrected chi connectivity index (χ1v) is 3.88. The predicted octanol–water partition coefficient (Wildman–Crippen LogP) is 1.83. The molecule has 0 saturated carbocycles. The molecule has 2 nitrogen and oxygen atoms in total. The van der Waals surface area contributed by atoms with Crippen LogP contribution in [0.1, 0.15) is 33.6 Å². The topological polar surface area (TPSA) is 32.6 Å². The summed E-state index contributed by atoms with van der Waals surface area (Å²) in [5.74, 6) is 0.230. The minimum absolute atomic E-state index is 0.230. The van der Waals surface area contributed by atoms with Crippen LogP contribution in [0.15, 0.2) is 4.99 Å². The van der Waals surface area contributed by atoms with Gasteiger partial charge in [0.2, 0.25) is 0 Å². The molecule has 0 aliphatic carbocycles. The highest BCUT2D eigenvalue weighted by molar-refractivity contribution is 5.57. The van der Waals surface area contributed by atoms with Crippen molar-refractivity contribution in [3.63, 3.8) is 0 Å². The average molecular weight is 143 g/mol. The van der Waals surface area contributed by atoms with Gasteiger partial charge in [0.25, 0.3) is 0 Å². The Balaban J connectivity index is 3.45. The van der Waals surface area contributed by atoms with Crippen molar-refractivity contribution in [1.82, 2.24) is 0 Å². The number of nitrogens with zero attached hydrogens (tertiary/aromatic N) is 1. The molecule has 0 spiro atoms. The Labute approximate surface area is 63.0 Å². The second kappa shape index (κ2) is 5.42. The van der Waals surface area contributed by atoms with Crippen LogP contribution in [0, 0.1) is 5.92 Å². The lowest BCUT2D eigenvalue weighted by molar-refractivity contribution is 0.135. The zero-order chi connectivity index (χ0) is 7.98. The normalized spacial score (nSPS) is 14.9. The summed E-state index contributed by atoms with van der Waals surface area (Å²) in [4.78, 5) is 3.94. The minimum atomic E-state index is -0.508. The molecule has 0 aliphatic heterocycles. The Kier molecular flexibility index (Phi) is 5.22. The SMILES string of the molecule is CCC/C=N/C(O)C(C)C. The monoisotopic (exact) mass is 143 g/mol. The zero-order valence-corrected chi connectivity index (χ0v) is 7.04. The number of hydrogen-bond acceptors (Lipinski definition) is 2. The Morgan fingerprint density at radius 1 is 1.50 bits per heavy atom. The molecular weight excluding hydrogens is 126 g/mol. The van der Waals surface area contributed by atoms with E-state index in [1.54, 1.807) is 6.21 Å². The third-order valence-electron chi connectivity index (χ3n) is 1.27. The van der Waals surface area contributed by atoms with Crippen molar-refractivity contribution in [2.75, 3.05) is 0 Å². The summed E-state index contributed by atoms with van der Waals surface area (Å²) >= 11 is 0. The van der Waals surface area contributed by atoms with E-state index in [9.17, 15) is 0 Å². The standard InChI is InChI=1S/C8H17NO/c1-4-5-6-9-8(10)7(2)3/h6-8,10H,4-5H2,1-3H3/b9-6+. The van der Waals surface area contributed by atoms with E-state index >= 15 is 0 Å². The fourth-order valence-electron chi connectivity index (χ4n) is 0.484. The molecule has 0 fully saturated rings. The molecule has 1 atom stereocenters. The van der Waals surface area contributed by atoms with E-state index < -0.39 is 6.23 Å². The molecule has 60 valence electrons. The smallest absolute Gasteiger partial charge is 0.146 e. The van der Waals surface area contributed by atoms with Gasteiger partial charge in [-0.05, 0) is 12.3 Å². The summed E-state index contributed by atoms with van der Waals surface area (Å²) < 4.78 is 0. The van der Waals surface area contributed by atoms with Gasteiger partial charge in [-0.1, -0.05) is 27.2 Å². The van der Waals surface area contributed by atoms with Crippen LogP contribution in [-0.2, 0) is 0 Å². The van der Waals surface area contributed by atoms with Gasteiger partial charge in [0.15, 0.2) is 0 Å². The van der Waals surface area contributed by atoms with Crippen molar-refractivity contribution >= 4 is 6.21 Å². The molecule has 0 saturated heterocycles. The molecule has 0 aromatic heterocycles. The number of rotatable bonds is 4. The van der Waals surface area contributed by atoms with E-state index in [0.717, 1.165) is 12.8 Å². The third-order valence-corrected chi connectivity index (χ3v) is 1.27. The molecule has 2 heteroatoms. The number of hydrogen-bond donors (Lipinski definition) is 1. The van der Waals surface area contributed by atoms with Gasteiger partial charge in [0, 0.05) is 6.21 Å². The van der Waals surface area contributed by atoms with Crippen LogP contribution in [0.3, 0.4) is 0 Å². The van der Waals surface area contributed by atoms with Crippen LogP contribution in [0.25, 0.3) is 0 Å². The first-order valence-electron chi connectivity index (χ1n) is 3.88. The minimum Gasteiger partial charge on any atom is -0.372 e. The molecule has 0 amide bonds. The van der Waals surface area contributed by atoms with Crippen LogP contribution in [0.2, 0.25) is 0 Å². The van der Waals surface area contributed by atoms with Crippen LogP contribution in [0.5, 0.6) is 0 Å². The van der Waals surface area contributed by atoms with Crippen molar-refractivity contribution in [3.05, 3.63) is 0 Å². The lowest BCUT2D eigenvalue weighted by atomic mass is 10.2. The maximum atomic E-state index is 9.16. The highest BCUT2D eigenvalue weighted by atomic mass is 16.3. The summed E-state index contributed by atoms with van der Waals surface area (Å²) in [6.07, 6.45) is 3.34. The van der Waals surface area contributed by atoms with Gasteiger partial charge in [-0.25, -0.2) is 0 Å². The van der Waals surface area contributed by atoms with E-state index in [2.05, 4.69) is 11.9 Å². The molecule has 0 radical (unpaired) electrons. The molecule has 1 N–H and O–H groups in total. The Hall–Kier alpha value is -0.370. The van der Waals surface area contributed by atoms with Crippen molar-refractivity contribution in [2.24, 2.45) is 10.9 Å². The number of unbranched alkanes of at least 4 members (excludes halogenated alkanes) is 1. The van der Waals surface area contributed by atoms with E-state index in [-0.39, 0.29) is 5.92 Å². The Morgan fingerprint density at radius 2 is 2.10 bits per heavy atom. The lowest BCUT2D eigenvalue weighted by Gasteiger charge is -2.07. The summed E-state index contributed by atoms with van der Waals surface area (Å²) in [6, 6.07) is 0. The molecule has 0 aromatic carbocycles. The molecule has 0 rings (SSSR count). The van der Waals surface area contributed by atoms with E-state index in [4.69, 9.17) is 5.11 Å². The van der Waals surface area contributed by atoms with Crippen molar-refractivity contribution in [2.45, 2.75) is 39.8 Å². The third kappa shape index (κ3) is 4.50. The largest absolute Gasteiger partial charge is 0.372 e. The van der Waals surface area contributed by atoms with E-state index in [1.165, 1.54) is 0 Å². The summed E-state index contributed by atoms with van der Waals surface area (Å²) in [7, 11) is 0. The molecule has 1 unspecified atom stereocenters. The number of aliphatic imine (C=N–C) groups is 1. The zero-order valence-electron chi connectivity index (χ0n) is 7.04. The molecule has 0 aromatic rings. The molecule has 0 aliphatic rings. The highest BCUT2D eigenvalue weighted by Crippen LogP contribution is 2.01. The molecular formula is C8H17NO. The first kappa shape index (κ1) is 9.63. The Bertz CT molecular complexity index is 99.4. The maximum absolute atomic E-state index is 9.16. The summed E-state index contributed by atoms with van der Waals surface area (Å²) in [5, 5.41) is 9.16. The lowest BCUT2D eigenvalue weighted by Crippen LogP contribution is -2.11. The van der Waals surface area contributed by atoms with Crippen LogP contribution in [0.4, 0.5) is 0 Å². The summed E-state index contributed by atoms with van der Waals surface area (Å²) in [6.45, 7) is 6.00. The molecule has 0 bridgehead atoms. The van der Waals surface area contributed by atoms with Gasteiger partial charge in [-0.2, -0.15) is 0 Å². The van der Waals surface area contributed by atoms with Gasteiger partial charge in [-0.15, -0.1) is 0 Å². The number of aliphatic hydroxyl groups is 1. The van der Waals surface area contributed by atoms with Crippen molar-refractivity contribution in [3.8, 4) is 0 Å². The maximum Gasteiger partial charge on any atom is 0.146 e. The van der Waals surface area contributed by atoms with Gasteiger partial charge in [0.1, 0.15) is 6.23 Å². The number of aliphatic hydroxyl groups excluding tert-OH is 1. The van der Waals surface area contributed by atoms with Crippen LogP contribution < -0.4 is 0 Å². The van der Waals surface area contributed by atoms with Crippen molar-refractivity contribution < 1.29 is 5.11 Å². The quantitative estimate of drug-likeness (QED) is 0.598. The van der Waals surface area contributed by atoms with E-state index in [0.29, 0.717) is 0 Å². The second-order valence-corrected chi connectivity index (χ2v) is 2.78. The fraction of sp³-hybridized carbons (Fsp3) is 0.875. The van der Waals surface area contributed by atoms with Gasteiger partial charge < -0.3 is 5.11 Å². The Morgan fingerprint density at radius 3 is 2.50 bits per heavy atom. The average Bonchev–Trinajstić information content (AvgIpc) is 1.88. The van der Waals surface area contributed by atoms with Crippen molar-refractivity contribution in [1.29, 1.82) is 0 Å². The van der Waals surface area contributed by atoms with Crippen LogP contribution in [-0.4, -0.2) is 17.5 Å². The predicted molar refractivity (Wildman–Crippen MR) is 44.2 cm³/mol. The van der Waals surface area contributed by atoms with Crippen LogP contribution >= 0.6 is 0 Å². The van der Waals surface area contributed by atoms with Gasteiger partial charge >= 0.3 is 0 Å². The summed E-state index contributed by atoms with van der Waals surface area (Å²) in [5.41, 5.74) is 0. The molecule has 0 heterocycles. The fourth-order valence-corrected chi connectivity index (χ4v) is 0.484. The van der Waals surface area contributed by atoms with Gasteiger partial charge in [-0.3, -0.25) is 4.99 Å². The second-order valence-electron chi connectivity index (χ2n) is 2.78. The van der Waals surface area contributed by atoms with Gasteiger partial charge in [0.05, 0.1) is 0 Å². The highest BCUT2D eigenvalue weighted by Gasteiger charge is 2.03. The molecule has 10 heavy (non-hydrogen) atoms. The van der Waals surface area contributed by atoms with E-state index in [1.807, 2.05) is 13.8 Å². The first-order chi connectivity index (χ1) is 4.68.